The van der Waals surface area contributed by atoms with Crippen LogP contribution >= 0.6 is 0 Å². The number of methoxy groups -OCH3 is 1. The van der Waals surface area contributed by atoms with E-state index in [9.17, 15) is 18.3 Å². The van der Waals surface area contributed by atoms with Crippen LogP contribution in [0.1, 0.15) is 45.4 Å². The molecule has 102 valence electrons. The third kappa shape index (κ3) is 3.85. The second-order valence-electron chi connectivity index (χ2n) is 5.15. The molecule has 1 saturated carbocycles. The van der Waals surface area contributed by atoms with Crippen LogP contribution in [-0.4, -0.2) is 30.1 Å². The molecule has 17 heavy (non-hydrogen) atoms. The van der Waals surface area contributed by atoms with Crippen molar-refractivity contribution in [1.82, 2.24) is 0 Å². The van der Waals surface area contributed by atoms with Gasteiger partial charge in [0.2, 0.25) is 0 Å². The number of rotatable bonds is 4. The number of ether oxygens (including phenoxy) is 1. The fraction of sp³-hybridized carbons (Fsp3) is 1.00. The Labute approximate surface area is 100 Å². The smallest absolute Gasteiger partial charge is 0.381 e. The molecule has 0 bridgehead atoms. The maximum Gasteiger partial charge on any atom is 0.416 e. The van der Waals surface area contributed by atoms with Crippen molar-refractivity contribution in [3.05, 3.63) is 0 Å². The lowest BCUT2D eigenvalue weighted by molar-refractivity contribution is -0.263. The molecule has 1 aliphatic carbocycles. The maximum atomic E-state index is 12.6. The topological polar surface area (TPSA) is 29.5 Å². The van der Waals surface area contributed by atoms with Gasteiger partial charge in [-0.05, 0) is 25.7 Å². The number of hydrogen-bond acceptors (Lipinski definition) is 2. The van der Waals surface area contributed by atoms with E-state index in [0.29, 0.717) is 0 Å². The van der Waals surface area contributed by atoms with Crippen LogP contribution in [0, 0.1) is 5.92 Å². The van der Waals surface area contributed by atoms with Crippen molar-refractivity contribution in [3.63, 3.8) is 0 Å². The largest absolute Gasteiger partial charge is 0.416 e. The first-order valence-corrected chi connectivity index (χ1v) is 6.10. The molecule has 1 N–H and O–H groups in total. The van der Waals surface area contributed by atoms with Crippen molar-refractivity contribution < 1.29 is 23.0 Å². The van der Waals surface area contributed by atoms with Crippen LogP contribution in [0.25, 0.3) is 0 Å². The Hall–Kier alpha value is -0.290. The SMILES string of the molecule is COC(CC(C)(O)C(F)(F)F)C1CCCCC1. The molecule has 0 heterocycles. The lowest BCUT2D eigenvalue weighted by Crippen LogP contribution is -2.46. The second kappa shape index (κ2) is 5.57. The van der Waals surface area contributed by atoms with Gasteiger partial charge in [-0.15, -0.1) is 0 Å². The van der Waals surface area contributed by atoms with Crippen molar-refractivity contribution in [1.29, 1.82) is 0 Å². The lowest BCUT2D eigenvalue weighted by atomic mass is 9.81. The van der Waals surface area contributed by atoms with E-state index in [2.05, 4.69) is 0 Å². The van der Waals surface area contributed by atoms with Crippen molar-refractivity contribution in [2.24, 2.45) is 5.92 Å². The minimum atomic E-state index is -4.60. The zero-order valence-electron chi connectivity index (χ0n) is 10.4. The van der Waals surface area contributed by atoms with Gasteiger partial charge in [-0.25, -0.2) is 0 Å². The summed E-state index contributed by atoms with van der Waals surface area (Å²) in [6, 6.07) is 0. The number of halogens is 3. The summed E-state index contributed by atoms with van der Waals surface area (Å²) in [6.07, 6.45) is -0.471. The fourth-order valence-electron chi connectivity index (χ4n) is 2.46. The van der Waals surface area contributed by atoms with Crippen LogP contribution in [0.3, 0.4) is 0 Å². The summed E-state index contributed by atoms with van der Waals surface area (Å²) >= 11 is 0. The Morgan fingerprint density at radius 2 is 1.76 bits per heavy atom. The molecule has 1 rings (SSSR count). The van der Waals surface area contributed by atoms with Crippen LogP contribution in [0.4, 0.5) is 13.2 Å². The summed E-state index contributed by atoms with van der Waals surface area (Å²) in [4.78, 5) is 0. The van der Waals surface area contributed by atoms with Crippen LogP contribution in [0.5, 0.6) is 0 Å². The molecule has 2 atom stereocenters. The third-order valence-electron chi connectivity index (χ3n) is 3.69. The molecule has 0 aromatic rings. The van der Waals surface area contributed by atoms with Crippen LogP contribution in [-0.2, 0) is 4.74 Å². The minimum Gasteiger partial charge on any atom is -0.381 e. The molecular weight excluding hydrogens is 233 g/mol. The van der Waals surface area contributed by atoms with Gasteiger partial charge >= 0.3 is 6.18 Å². The molecule has 2 nitrogen and oxygen atoms in total. The molecule has 0 saturated heterocycles. The van der Waals surface area contributed by atoms with Crippen molar-refractivity contribution in [3.8, 4) is 0 Å². The van der Waals surface area contributed by atoms with Crippen molar-refractivity contribution in [2.75, 3.05) is 7.11 Å². The standard InChI is InChI=1S/C12H21F3O2/c1-11(16,12(13,14)15)8-10(17-2)9-6-4-3-5-7-9/h9-10,16H,3-8H2,1-2H3. The van der Waals surface area contributed by atoms with Gasteiger partial charge in [-0.2, -0.15) is 13.2 Å². The Balaban J connectivity index is 2.62. The molecule has 0 aromatic heterocycles. The number of hydrogen-bond donors (Lipinski definition) is 1. The minimum absolute atomic E-state index is 0.141. The molecule has 0 aromatic carbocycles. The van der Waals surface area contributed by atoms with Crippen molar-refractivity contribution >= 4 is 0 Å². The monoisotopic (exact) mass is 254 g/mol. The van der Waals surface area contributed by atoms with Gasteiger partial charge < -0.3 is 9.84 Å². The predicted octanol–water partition coefficient (Wildman–Crippen LogP) is 3.29. The van der Waals surface area contributed by atoms with Gasteiger partial charge in [0.25, 0.3) is 0 Å². The molecule has 5 heteroatoms. The first-order valence-electron chi connectivity index (χ1n) is 6.10. The highest BCUT2D eigenvalue weighted by atomic mass is 19.4. The Morgan fingerprint density at radius 3 is 2.18 bits per heavy atom. The van der Waals surface area contributed by atoms with Gasteiger partial charge in [-0.1, -0.05) is 19.3 Å². The van der Waals surface area contributed by atoms with Gasteiger partial charge in [-0.3, -0.25) is 0 Å². The quantitative estimate of drug-likeness (QED) is 0.834. The Bertz CT molecular complexity index is 232. The van der Waals surface area contributed by atoms with E-state index in [-0.39, 0.29) is 12.3 Å². The Morgan fingerprint density at radius 1 is 1.24 bits per heavy atom. The van der Waals surface area contributed by atoms with E-state index < -0.39 is 17.9 Å². The number of aliphatic hydroxyl groups is 1. The molecule has 0 radical (unpaired) electrons. The van der Waals surface area contributed by atoms with Crippen molar-refractivity contribution in [2.45, 2.75) is 63.3 Å². The van der Waals surface area contributed by atoms with E-state index in [0.717, 1.165) is 39.0 Å². The summed E-state index contributed by atoms with van der Waals surface area (Å²) in [5.41, 5.74) is -2.66. The zero-order valence-corrected chi connectivity index (χ0v) is 10.4. The highest BCUT2D eigenvalue weighted by Crippen LogP contribution is 2.38. The third-order valence-corrected chi connectivity index (χ3v) is 3.69. The normalized spacial score (nSPS) is 24.4. The first-order chi connectivity index (χ1) is 7.78. The summed E-state index contributed by atoms with van der Waals surface area (Å²) in [5.74, 6) is 0.141. The Kier molecular flexibility index (Phi) is 4.84. The van der Waals surface area contributed by atoms with Gasteiger partial charge in [0.1, 0.15) is 0 Å². The zero-order chi connectivity index (χ0) is 13.1. The molecule has 0 amide bonds. The molecule has 0 aliphatic heterocycles. The van der Waals surface area contributed by atoms with E-state index in [4.69, 9.17) is 4.74 Å². The molecule has 0 spiro atoms. The summed E-state index contributed by atoms with van der Waals surface area (Å²) < 4.78 is 42.9. The highest BCUT2D eigenvalue weighted by molar-refractivity contribution is 4.87. The van der Waals surface area contributed by atoms with E-state index in [1.807, 2.05) is 0 Å². The average Bonchev–Trinajstić information content (AvgIpc) is 2.25. The first kappa shape index (κ1) is 14.8. The van der Waals surface area contributed by atoms with Crippen LogP contribution in [0.15, 0.2) is 0 Å². The molecular formula is C12H21F3O2. The average molecular weight is 254 g/mol. The summed E-state index contributed by atoms with van der Waals surface area (Å²) in [5, 5.41) is 9.48. The second-order valence-corrected chi connectivity index (χ2v) is 5.15. The van der Waals surface area contributed by atoms with E-state index in [1.54, 1.807) is 0 Å². The van der Waals surface area contributed by atoms with Crippen LogP contribution in [0.2, 0.25) is 0 Å². The van der Waals surface area contributed by atoms with E-state index in [1.165, 1.54) is 7.11 Å². The highest BCUT2D eigenvalue weighted by Gasteiger charge is 2.51. The van der Waals surface area contributed by atoms with Gasteiger partial charge in [0, 0.05) is 13.5 Å². The molecule has 2 unspecified atom stereocenters. The van der Waals surface area contributed by atoms with Gasteiger partial charge in [0.15, 0.2) is 5.60 Å². The van der Waals surface area contributed by atoms with E-state index >= 15 is 0 Å². The molecule has 1 fully saturated rings. The summed E-state index contributed by atoms with van der Waals surface area (Å²) in [6.45, 7) is 0.821. The lowest BCUT2D eigenvalue weighted by Gasteiger charge is -2.35. The fourth-order valence-corrected chi connectivity index (χ4v) is 2.46. The maximum absolute atomic E-state index is 12.6. The number of alkyl halides is 3. The van der Waals surface area contributed by atoms with Gasteiger partial charge in [0.05, 0.1) is 6.10 Å². The predicted molar refractivity (Wildman–Crippen MR) is 58.7 cm³/mol. The molecule has 1 aliphatic rings. The summed E-state index contributed by atoms with van der Waals surface area (Å²) in [7, 11) is 1.42. The van der Waals surface area contributed by atoms with Crippen LogP contribution < -0.4 is 0 Å².